The number of ether oxygens (including phenoxy) is 3. The maximum Gasteiger partial charge on any atom is 0.321 e. The first-order valence-corrected chi connectivity index (χ1v) is 8.42. The molecule has 0 heterocycles. The number of methoxy groups -OCH3 is 3. The van der Waals surface area contributed by atoms with Crippen molar-refractivity contribution >= 4 is 23.3 Å². The number of rotatable bonds is 7. The van der Waals surface area contributed by atoms with Crippen molar-refractivity contribution in [2.75, 3.05) is 40.2 Å². The minimum atomic E-state index is -0.244. The second-order valence-corrected chi connectivity index (χ2v) is 6.07. The first kappa shape index (κ1) is 19.7. The Morgan fingerprint density at radius 3 is 2.31 bits per heavy atom. The molecule has 140 valence electrons. The van der Waals surface area contributed by atoms with Crippen molar-refractivity contribution in [1.29, 1.82) is 0 Å². The van der Waals surface area contributed by atoms with Crippen LogP contribution in [0.15, 0.2) is 36.4 Å². The fraction of sp³-hybridized carbons (Fsp3) is 0.316. The first-order chi connectivity index (χ1) is 12.5. The first-order valence-electron chi connectivity index (χ1n) is 8.05. The SMILES string of the molecule is COc1ccc(Cl)cc1NC(=O)N(C)CCc1ccc(OC)c(OC)c1. The summed E-state index contributed by atoms with van der Waals surface area (Å²) in [6, 6.07) is 10.5. The number of carbonyl (C=O) groups excluding carboxylic acids is 1. The molecule has 0 spiro atoms. The quantitative estimate of drug-likeness (QED) is 0.788. The molecule has 7 heteroatoms. The molecule has 2 amide bonds. The van der Waals surface area contributed by atoms with Gasteiger partial charge in [-0.3, -0.25) is 0 Å². The monoisotopic (exact) mass is 378 g/mol. The van der Waals surface area contributed by atoms with Crippen molar-refractivity contribution in [3.8, 4) is 17.2 Å². The number of hydrogen-bond donors (Lipinski definition) is 1. The molecule has 2 rings (SSSR count). The van der Waals surface area contributed by atoms with Crippen molar-refractivity contribution in [2.45, 2.75) is 6.42 Å². The number of urea groups is 1. The number of amides is 2. The number of hydrogen-bond acceptors (Lipinski definition) is 4. The third-order valence-corrected chi connectivity index (χ3v) is 4.17. The van der Waals surface area contributed by atoms with Crippen LogP contribution < -0.4 is 19.5 Å². The Kier molecular flexibility index (Phi) is 6.97. The second-order valence-electron chi connectivity index (χ2n) is 5.64. The molecule has 0 saturated heterocycles. The van der Waals surface area contributed by atoms with Gasteiger partial charge in [0.1, 0.15) is 5.75 Å². The molecular weight excluding hydrogens is 356 g/mol. The number of nitrogens with zero attached hydrogens (tertiary/aromatic N) is 1. The molecule has 6 nitrogen and oxygen atoms in total. The van der Waals surface area contributed by atoms with Gasteiger partial charge in [-0.25, -0.2) is 4.79 Å². The van der Waals surface area contributed by atoms with Crippen molar-refractivity contribution in [3.63, 3.8) is 0 Å². The van der Waals surface area contributed by atoms with E-state index in [0.717, 1.165) is 5.56 Å². The van der Waals surface area contributed by atoms with E-state index in [1.54, 1.807) is 51.5 Å². The van der Waals surface area contributed by atoms with E-state index < -0.39 is 0 Å². The van der Waals surface area contributed by atoms with Gasteiger partial charge < -0.3 is 24.4 Å². The summed E-state index contributed by atoms with van der Waals surface area (Å²) in [5, 5.41) is 3.33. The highest BCUT2D eigenvalue weighted by atomic mass is 35.5. The lowest BCUT2D eigenvalue weighted by Crippen LogP contribution is -2.33. The lowest BCUT2D eigenvalue weighted by Gasteiger charge is -2.19. The maximum absolute atomic E-state index is 12.4. The van der Waals surface area contributed by atoms with Gasteiger partial charge in [-0.05, 0) is 42.3 Å². The Hall–Kier alpha value is -2.60. The van der Waals surface area contributed by atoms with Gasteiger partial charge in [0, 0.05) is 18.6 Å². The van der Waals surface area contributed by atoms with Crippen LogP contribution in [0.2, 0.25) is 5.02 Å². The fourth-order valence-corrected chi connectivity index (χ4v) is 2.60. The van der Waals surface area contributed by atoms with Crippen molar-refractivity contribution in [1.82, 2.24) is 4.90 Å². The Morgan fingerprint density at radius 2 is 1.65 bits per heavy atom. The zero-order chi connectivity index (χ0) is 19.1. The number of likely N-dealkylation sites (N-methyl/N-ethyl adjacent to an activating group) is 1. The summed E-state index contributed by atoms with van der Waals surface area (Å²) in [5.74, 6) is 1.90. The van der Waals surface area contributed by atoms with Gasteiger partial charge in [-0.15, -0.1) is 0 Å². The molecule has 0 saturated carbocycles. The number of halogens is 1. The summed E-state index contributed by atoms with van der Waals surface area (Å²) in [6.45, 7) is 0.532. The molecule has 0 fully saturated rings. The average molecular weight is 379 g/mol. The van der Waals surface area contributed by atoms with E-state index in [4.69, 9.17) is 25.8 Å². The van der Waals surface area contributed by atoms with Crippen LogP contribution in [0.1, 0.15) is 5.56 Å². The zero-order valence-corrected chi connectivity index (χ0v) is 16.1. The Balaban J connectivity index is 1.98. The minimum absolute atomic E-state index is 0.244. The summed E-state index contributed by atoms with van der Waals surface area (Å²) >= 11 is 5.99. The highest BCUT2D eigenvalue weighted by Gasteiger charge is 2.13. The van der Waals surface area contributed by atoms with Gasteiger partial charge in [0.05, 0.1) is 27.0 Å². The molecule has 0 atom stereocenters. The number of carbonyl (C=O) groups is 1. The van der Waals surface area contributed by atoms with E-state index in [-0.39, 0.29) is 6.03 Å². The predicted octanol–water partition coefficient (Wildman–Crippen LogP) is 4.07. The van der Waals surface area contributed by atoms with E-state index in [0.29, 0.717) is 40.9 Å². The van der Waals surface area contributed by atoms with Crippen LogP contribution >= 0.6 is 11.6 Å². The van der Waals surface area contributed by atoms with Crippen LogP contribution in [0.4, 0.5) is 10.5 Å². The number of nitrogens with one attached hydrogen (secondary N) is 1. The molecule has 0 radical (unpaired) electrons. The van der Waals surface area contributed by atoms with Gasteiger partial charge in [-0.1, -0.05) is 17.7 Å². The molecule has 2 aromatic carbocycles. The normalized spacial score (nSPS) is 10.2. The third kappa shape index (κ3) is 4.95. The van der Waals surface area contributed by atoms with Gasteiger partial charge in [0.2, 0.25) is 0 Å². The molecule has 0 bridgehead atoms. The smallest absolute Gasteiger partial charge is 0.321 e. The second kappa shape index (κ2) is 9.20. The van der Waals surface area contributed by atoms with E-state index in [2.05, 4.69) is 5.32 Å². The zero-order valence-electron chi connectivity index (χ0n) is 15.3. The summed E-state index contributed by atoms with van der Waals surface area (Å²) in [5.41, 5.74) is 1.57. The van der Waals surface area contributed by atoms with Crippen molar-refractivity contribution < 1.29 is 19.0 Å². The number of benzene rings is 2. The number of anilines is 1. The van der Waals surface area contributed by atoms with Gasteiger partial charge in [0.15, 0.2) is 11.5 Å². The molecule has 0 aliphatic heterocycles. The van der Waals surface area contributed by atoms with E-state index in [9.17, 15) is 4.79 Å². The van der Waals surface area contributed by atoms with Crippen LogP contribution in [-0.4, -0.2) is 45.9 Å². The lowest BCUT2D eigenvalue weighted by molar-refractivity contribution is 0.223. The maximum atomic E-state index is 12.4. The standard InChI is InChI=1S/C19H23ClN2O4/c1-22(10-9-13-5-7-17(25-3)18(11-13)26-4)19(23)21-15-12-14(20)6-8-16(15)24-2/h5-8,11-12H,9-10H2,1-4H3,(H,21,23). The van der Waals surface area contributed by atoms with Crippen LogP contribution in [0.3, 0.4) is 0 Å². The summed E-state index contributed by atoms with van der Waals surface area (Å²) < 4.78 is 15.8. The highest BCUT2D eigenvalue weighted by molar-refractivity contribution is 6.31. The summed E-state index contributed by atoms with van der Waals surface area (Å²) in [6.07, 6.45) is 0.678. The average Bonchev–Trinajstić information content (AvgIpc) is 2.65. The van der Waals surface area contributed by atoms with Crippen LogP contribution in [0.25, 0.3) is 0 Å². The molecule has 2 aromatic rings. The predicted molar refractivity (Wildman–Crippen MR) is 103 cm³/mol. The van der Waals surface area contributed by atoms with Crippen LogP contribution in [0, 0.1) is 0 Å². The molecule has 0 aromatic heterocycles. The van der Waals surface area contributed by atoms with Crippen molar-refractivity contribution in [2.24, 2.45) is 0 Å². The van der Waals surface area contributed by atoms with Crippen LogP contribution in [0.5, 0.6) is 17.2 Å². The van der Waals surface area contributed by atoms with E-state index in [1.165, 1.54) is 0 Å². The van der Waals surface area contributed by atoms with Crippen LogP contribution in [-0.2, 0) is 6.42 Å². The third-order valence-electron chi connectivity index (χ3n) is 3.93. The summed E-state index contributed by atoms with van der Waals surface area (Å²) in [7, 11) is 6.46. The van der Waals surface area contributed by atoms with Gasteiger partial charge in [-0.2, -0.15) is 0 Å². The lowest BCUT2D eigenvalue weighted by atomic mass is 10.1. The molecule has 0 aliphatic rings. The Labute approximate surface area is 158 Å². The highest BCUT2D eigenvalue weighted by Crippen LogP contribution is 2.29. The summed E-state index contributed by atoms with van der Waals surface area (Å²) in [4.78, 5) is 14.0. The molecule has 26 heavy (non-hydrogen) atoms. The minimum Gasteiger partial charge on any atom is -0.495 e. The Morgan fingerprint density at radius 1 is 1.00 bits per heavy atom. The topological polar surface area (TPSA) is 60.0 Å². The molecule has 0 unspecified atom stereocenters. The largest absolute Gasteiger partial charge is 0.495 e. The molecule has 1 N–H and O–H groups in total. The van der Waals surface area contributed by atoms with E-state index >= 15 is 0 Å². The van der Waals surface area contributed by atoms with Crippen molar-refractivity contribution in [3.05, 3.63) is 47.0 Å². The molecule has 0 aliphatic carbocycles. The van der Waals surface area contributed by atoms with E-state index in [1.807, 2.05) is 18.2 Å². The Bertz CT molecular complexity index is 767. The fourth-order valence-electron chi connectivity index (χ4n) is 2.42. The van der Waals surface area contributed by atoms with Gasteiger partial charge >= 0.3 is 6.03 Å². The van der Waals surface area contributed by atoms with Gasteiger partial charge in [0.25, 0.3) is 0 Å². The molecular formula is C19H23ClN2O4.